The summed E-state index contributed by atoms with van der Waals surface area (Å²) in [6, 6.07) is 27.0. The van der Waals surface area contributed by atoms with Gasteiger partial charge in [0, 0.05) is 0 Å². The van der Waals surface area contributed by atoms with Gasteiger partial charge in [0.05, 0.1) is 11.6 Å². The third kappa shape index (κ3) is 2.69. The fraction of sp³-hybridized carbons (Fsp3) is 0.0952. The Bertz CT molecular complexity index is 859. The lowest BCUT2D eigenvalue weighted by Gasteiger charge is -2.19. The van der Waals surface area contributed by atoms with Crippen molar-refractivity contribution < 1.29 is 4.39 Å². The van der Waals surface area contributed by atoms with Gasteiger partial charge in [-0.05, 0) is 23.3 Å². The zero-order chi connectivity index (χ0) is 16.4. The molecule has 0 amide bonds. The predicted molar refractivity (Wildman–Crippen MR) is 94.4 cm³/mol. The van der Waals surface area contributed by atoms with Gasteiger partial charge >= 0.3 is 0 Å². The molecule has 1 aliphatic heterocycles. The van der Waals surface area contributed by atoms with Gasteiger partial charge in [0.25, 0.3) is 0 Å². The van der Waals surface area contributed by atoms with E-state index in [1.165, 1.54) is 6.07 Å². The fourth-order valence-corrected chi connectivity index (χ4v) is 3.12. The lowest BCUT2D eigenvalue weighted by molar-refractivity contribution is 0.571. The maximum absolute atomic E-state index is 14.2. The zero-order valence-corrected chi connectivity index (χ0v) is 13.1. The van der Waals surface area contributed by atoms with Gasteiger partial charge in [-0.2, -0.15) is 0 Å². The summed E-state index contributed by atoms with van der Waals surface area (Å²) in [6.07, 6.45) is 0. The Balaban J connectivity index is 1.77. The minimum Gasteiger partial charge on any atom is -0.360 e. The molecule has 0 radical (unpaired) electrons. The highest BCUT2D eigenvalue weighted by atomic mass is 19.1. The molecule has 0 spiro atoms. The van der Waals surface area contributed by atoms with Crippen LogP contribution in [0.2, 0.25) is 0 Å². The lowest BCUT2D eigenvalue weighted by Crippen LogP contribution is -2.25. The third-order valence-corrected chi connectivity index (χ3v) is 4.30. The van der Waals surface area contributed by atoms with Gasteiger partial charge in [-0.1, -0.05) is 72.8 Å². The molecule has 0 aromatic heterocycles. The Labute approximate surface area is 140 Å². The van der Waals surface area contributed by atoms with Gasteiger partial charge in [0.15, 0.2) is 0 Å². The minimum absolute atomic E-state index is 0.0109. The van der Waals surface area contributed by atoms with Crippen LogP contribution in [0.3, 0.4) is 0 Å². The summed E-state index contributed by atoms with van der Waals surface area (Å²) >= 11 is 0. The summed E-state index contributed by atoms with van der Waals surface area (Å²) in [6.45, 7) is 0. The molecule has 3 aromatic rings. The second kappa shape index (κ2) is 6.28. The van der Waals surface area contributed by atoms with Crippen molar-refractivity contribution in [2.24, 2.45) is 4.99 Å². The van der Waals surface area contributed by atoms with Crippen molar-refractivity contribution in [2.75, 3.05) is 0 Å². The van der Waals surface area contributed by atoms with Crippen LogP contribution >= 0.6 is 0 Å². The highest BCUT2D eigenvalue weighted by Crippen LogP contribution is 2.37. The number of nitrogens with one attached hydrogen (secondary N) is 1. The molecular formula is C21H17FN2. The molecule has 0 saturated carbocycles. The molecule has 0 saturated heterocycles. The number of hydrogen-bond donors (Lipinski definition) is 1. The third-order valence-electron chi connectivity index (χ3n) is 4.30. The predicted octanol–water partition coefficient (Wildman–Crippen LogP) is 4.66. The number of amidine groups is 1. The van der Waals surface area contributed by atoms with E-state index in [4.69, 9.17) is 4.99 Å². The average Bonchev–Trinajstić information content (AvgIpc) is 3.09. The van der Waals surface area contributed by atoms with Crippen molar-refractivity contribution in [1.82, 2.24) is 5.32 Å². The van der Waals surface area contributed by atoms with Crippen LogP contribution in [0, 0.1) is 5.82 Å². The summed E-state index contributed by atoms with van der Waals surface area (Å²) in [5.41, 5.74) is 2.77. The molecule has 0 aliphatic carbocycles. The van der Waals surface area contributed by atoms with Crippen molar-refractivity contribution in [2.45, 2.75) is 12.1 Å². The normalized spacial score (nSPS) is 19.6. The van der Waals surface area contributed by atoms with Crippen LogP contribution in [-0.2, 0) is 0 Å². The van der Waals surface area contributed by atoms with E-state index >= 15 is 0 Å². The van der Waals surface area contributed by atoms with Crippen LogP contribution in [-0.4, -0.2) is 5.84 Å². The molecular weight excluding hydrogens is 299 g/mol. The van der Waals surface area contributed by atoms with Crippen molar-refractivity contribution in [3.63, 3.8) is 0 Å². The Kier molecular flexibility index (Phi) is 3.83. The molecule has 3 aromatic carbocycles. The first-order chi connectivity index (χ1) is 11.8. The average molecular weight is 316 g/mol. The smallest absolute Gasteiger partial charge is 0.134 e. The van der Waals surface area contributed by atoms with Gasteiger partial charge in [-0.15, -0.1) is 0 Å². The summed E-state index contributed by atoms with van der Waals surface area (Å²) in [4.78, 5) is 4.81. The van der Waals surface area contributed by atoms with Crippen molar-refractivity contribution in [1.29, 1.82) is 0 Å². The van der Waals surface area contributed by atoms with Crippen LogP contribution < -0.4 is 5.32 Å². The number of rotatable bonds is 3. The van der Waals surface area contributed by atoms with Crippen LogP contribution in [0.15, 0.2) is 89.9 Å². The molecule has 1 N–H and O–H groups in total. The Morgan fingerprint density at radius 1 is 0.708 bits per heavy atom. The number of hydrogen-bond acceptors (Lipinski definition) is 2. The summed E-state index contributed by atoms with van der Waals surface area (Å²) in [7, 11) is 0. The minimum atomic E-state index is -0.260. The number of aliphatic imine (C=N–C) groups is 1. The first-order valence-corrected chi connectivity index (χ1v) is 8.02. The van der Waals surface area contributed by atoms with Crippen molar-refractivity contribution in [3.8, 4) is 0 Å². The van der Waals surface area contributed by atoms with E-state index in [0.717, 1.165) is 11.1 Å². The first kappa shape index (κ1) is 14.6. The second-order valence-corrected chi connectivity index (χ2v) is 5.85. The number of halogens is 1. The Hall–Kier alpha value is -2.94. The quantitative estimate of drug-likeness (QED) is 0.747. The molecule has 2 unspecified atom stereocenters. The lowest BCUT2D eigenvalue weighted by atomic mass is 9.95. The molecule has 24 heavy (non-hydrogen) atoms. The van der Waals surface area contributed by atoms with E-state index in [2.05, 4.69) is 29.6 Å². The summed E-state index contributed by atoms with van der Waals surface area (Å²) in [5, 5.41) is 3.42. The molecule has 4 rings (SSSR count). The van der Waals surface area contributed by atoms with Crippen molar-refractivity contribution >= 4 is 5.84 Å². The van der Waals surface area contributed by atoms with Gasteiger partial charge in [-0.25, -0.2) is 4.39 Å². The second-order valence-electron chi connectivity index (χ2n) is 5.85. The molecule has 118 valence electrons. The Morgan fingerprint density at radius 2 is 1.29 bits per heavy atom. The van der Waals surface area contributed by atoms with E-state index < -0.39 is 0 Å². The maximum Gasteiger partial charge on any atom is 0.134 e. The topological polar surface area (TPSA) is 24.4 Å². The summed E-state index contributed by atoms with van der Waals surface area (Å²) < 4.78 is 14.2. The molecule has 2 atom stereocenters. The van der Waals surface area contributed by atoms with E-state index in [1.807, 2.05) is 42.5 Å². The monoisotopic (exact) mass is 316 g/mol. The van der Waals surface area contributed by atoms with E-state index in [-0.39, 0.29) is 17.9 Å². The van der Waals surface area contributed by atoms with E-state index in [0.29, 0.717) is 11.4 Å². The van der Waals surface area contributed by atoms with Crippen molar-refractivity contribution in [3.05, 3.63) is 107 Å². The number of benzene rings is 3. The fourth-order valence-electron chi connectivity index (χ4n) is 3.12. The van der Waals surface area contributed by atoms with Gasteiger partial charge < -0.3 is 5.32 Å². The molecule has 3 heteroatoms. The van der Waals surface area contributed by atoms with Gasteiger partial charge in [0.2, 0.25) is 0 Å². The zero-order valence-electron chi connectivity index (χ0n) is 13.1. The van der Waals surface area contributed by atoms with E-state index in [9.17, 15) is 4.39 Å². The summed E-state index contributed by atoms with van der Waals surface area (Å²) in [5.74, 6) is 0.347. The molecule has 0 bridgehead atoms. The standard InChI is InChI=1S/C21H17FN2/c22-18-14-8-7-13-17(18)21-23-19(15-9-3-1-4-10-15)20(24-21)16-11-5-2-6-12-16/h1-14,19-20H,(H,23,24). The maximum atomic E-state index is 14.2. The van der Waals surface area contributed by atoms with Crippen LogP contribution in [0.4, 0.5) is 4.39 Å². The SMILES string of the molecule is Fc1ccccc1C1=NC(c2ccccc2)C(c2ccccc2)N1. The van der Waals surface area contributed by atoms with Gasteiger partial charge in [-0.3, -0.25) is 4.99 Å². The van der Waals surface area contributed by atoms with Crippen LogP contribution in [0.1, 0.15) is 28.8 Å². The molecule has 0 fully saturated rings. The highest BCUT2D eigenvalue weighted by molar-refractivity contribution is 6.00. The van der Waals surface area contributed by atoms with Gasteiger partial charge in [0.1, 0.15) is 17.7 Å². The highest BCUT2D eigenvalue weighted by Gasteiger charge is 2.32. The van der Waals surface area contributed by atoms with E-state index in [1.54, 1.807) is 12.1 Å². The van der Waals surface area contributed by atoms with Crippen LogP contribution in [0.5, 0.6) is 0 Å². The molecule has 1 heterocycles. The Morgan fingerprint density at radius 3 is 1.96 bits per heavy atom. The molecule has 1 aliphatic rings. The van der Waals surface area contributed by atoms with Crippen LogP contribution in [0.25, 0.3) is 0 Å². The number of nitrogens with zero attached hydrogens (tertiary/aromatic N) is 1. The largest absolute Gasteiger partial charge is 0.360 e. The molecule has 2 nitrogen and oxygen atoms in total. The first-order valence-electron chi connectivity index (χ1n) is 8.02.